The number of carbonyl (C=O) groups is 1. The van der Waals surface area contributed by atoms with Crippen LogP contribution in [0.25, 0.3) is 0 Å². The molecule has 4 saturated carbocycles. The van der Waals surface area contributed by atoms with E-state index in [-0.39, 0.29) is 12.1 Å². The highest BCUT2D eigenvalue weighted by Crippen LogP contribution is 2.68. The van der Waals surface area contributed by atoms with Gasteiger partial charge in [-0.2, -0.15) is 0 Å². The van der Waals surface area contributed by atoms with Crippen LogP contribution in [0.5, 0.6) is 0 Å². The van der Waals surface area contributed by atoms with Crippen molar-refractivity contribution in [3.63, 3.8) is 0 Å². The SMILES string of the molecule is CCCCCCC(=O)OC1CC[C@@]2(C)C(CC[C@H]3[C@@H]4CC[C@H]([C@H](C)CC[C@@H](CC)C(C)C)[C@@]4(C)CC[C@@H]32)C1. The van der Waals surface area contributed by atoms with Crippen molar-refractivity contribution >= 4 is 5.97 Å². The average molecular weight is 529 g/mol. The molecule has 0 saturated heterocycles. The molecule has 0 amide bonds. The standard InChI is InChI=1S/C36H64O2/c1-8-10-11-12-13-34(37)38-29-20-22-35(6)28(24-29)16-17-30-32-19-18-31(36(32,7)23-21-33(30)35)26(5)14-15-27(9-2)25(3)4/h25-33H,8-24H2,1-7H3/t26-,27-,28?,29?,30+,31-,32+,33+,35+,36-/m1/s1. The van der Waals surface area contributed by atoms with E-state index in [0.717, 1.165) is 73.0 Å². The first kappa shape index (κ1) is 30.4. The van der Waals surface area contributed by atoms with Gasteiger partial charge >= 0.3 is 5.97 Å². The molecule has 0 aromatic rings. The summed E-state index contributed by atoms with van der Waals surface area (Å²) in [5.74, 6) is 7.20. The number of fused-ring (bicyclic) bond motifs is 5. The molecule has 0 aromatic heterocycles. The quantitative estimate of drug-likeness (QED) is 0.186. The van der Waals surface area contributed by atoms with Crippen molar-refractivity contribution in [2.45, 2.75) is 164 Å². The van der Waals surface area contributed by atoms with Crippen molar-refractivity contribution in [1.82, 2.24) is 0 Å². The Labute approximate surface area is 237 Å². The number of rotatable bonds is 12. The lowest BCUT2D eigenvalue weighted by Gasteiger charge is -2.61. The summed E-state index contributed by atoms with van der Waals surface area (Å²) in [6.45, 7) is 17.5. The van der Waals surface area contributed by atoms with Gasteiger partial charge in [-0.05, 0) is 129 Å². The van der Waals surface area contributed by atoms with Crippen LogP contribution < -0.4 is 0 Å². The van der Waals surface area contributed by atoms with E-state index in [2.05, 4.69) is 48.5 Å². The van der Waals surface area contributed by atoms with Crippen LogP contribution in [-0.2, 0) is 9.53 Å². The van der Waals surface area contributed by atoms with E-state index >= 15 is 0 Å². The number of unbranched alkanes of at least 4 members (excludes halogenated alkanes) is 3. The van der Waals surface area contributed by atoms with Crippen molar-refractivity contribution in [1.29, 1.82) is 0 Å². The molecule has 4 fully saturated rings. The highest BCUT2D eigenvalue weighted by molar-refractivity contribution is 5.69. The summed E-state index contributed by atoms with van der Waals surface area (Å²) in [6.07, 6.45) is 21.9. The lowest BCUT2D eigenvalue weighted by molar-refractivity contribution is -0.162. The fourth-order valence-electron chi connectivity index (χ4n) is 10.9. The third-order valence-electron chi connectivity index (χ3n) is 13.4. The molecule has 10 atom stereocenters. The number of hydrogen-bond donors (Lipinski definition) is 0. The Balaban J connectivity index is 1.33. The first-order valence-electron chi connectivity index (χ1n) is 17.3. The van der Waals surface area contributed by atoms with Gasteiger partial charge in [-0.15, -0.1) is 0 Å². The molecule has 0 bridgehead atoms. The normalized spacial score (nSPS) is 40.2. The molecule has 2 unspecified atom stereocenters. The molecule has 38 heavy (non-hydrogen) atoms. The van der Waals surface area contributed by atoms with Crippen LogP contribution in [0, 0.1) is 58.2 Å². The van der Waals surface area contributed by atoms with E-state index in [1.54, 1.807) is 0 Å². The van der Waals surface area contributed by atoms with E-state index in [1.165, 1.54) is 77.0 Å². The number of esters is 1. The van der Waals surface area contributed by atoms with E-state index < -0.39 is 0 Å². The fourth-order valence-corrected chi connectivity index (χ4v) is 10.9. The Morgan fingerprint density at radius 3 is 2.29 bits per heavy atom. The highest BCUT2D eigenvalue weighted by atomic mass is 16.5. The average Bonchev–Trinajstić information content (AvgIpc) is 3.24. The van der Waals surface area contributed by atoms with Gasteiger partial charge in [0.2, 0.25) is 0 Å². The second kappa shape index (κ2) is 13.0. The van der Waals surface area contributed by atoms with Crippen LogP contribution in [0.2, 0.25) is 0 Å². The zero-order valence-corrected chi connectivity index (χ0v) is 26.5. The van der Waals surface area contributed by atoms with Gasteiger partial charge < -0.3 is 4.74 Å². The van der Waals surface area contributed by atoms with Crippen LogP contribution >= 0.6 is 0 Å². The van der Waals surface area contributed by atoms with Crippen LogP contribution in [0.1, 0.15) is 158 Å². The van der Waals surface area contributed by atoms with E-state index in [4.69, 9.17) is 4.74 Å². The molecule has 0 radical (unpaired) electrons. The Morgan fingerprint density at radius 1 is 0.842 bits per heavy atom. The summed E-state index contributed by atoms with van der Waals surface area (Å²) >= 11 is 0. The van der Waals surface area contributed by atoms with Crippen molar-refractivity contribution in [3.05, 3.63) is 0 Å². The van der Waals surface area contributed by atoms with Gasteiger partial charge in [0.25, 0.3) is 0 Å². The maximum Gasteiger partial charge on any atom is 0.306 e. The maximum absolute atomic E-state index is 12.5. The van der Waals surface area contributed by atoms with Crippen molar-refractivity contribution in [2.24, 2.45) is 58.2 Å². The zero-order chi connectivity index (χ0) is 27.5. The second-order valence-corrected chi connectivity index (χ2v) is 15.5. The Morgan fingerprint density at radius 2 is 1.58 bits per heavy atom. The van der Waals surface area contributed by atoms with E-state index in [9.17, 15) is 4.79 Å². The molecule has 0 aliphatic heterocycles. The van der Waals surface area contributed by atoms with Gasteiger partial charge in [0.05, 0.1) is 0 Å². The summed E-state index contributed by atoms with van der Waals surface area (Å²) in [5.41, 5.74) is 1.05. The van der Waals surface area contributed by atoms with Gasteiger partial charge in [0.15, 0.2) is 0 Å². The second-order valence-electron chi connectivity index (χ2n) is 15.5. The maximum atomic E-state index is 12.5. The van der Waals surface area contributed by atoms with Gasteiger partial charge in [-0.25, -0.2) is 0 Å². The predicted molar refractivity (Wildman–Crippen MR) is 161 cm³/mol. The molecular formula is C36H64O2. The Hall–Kier alpha value is -0.530. The number of ether oxygens (including phenoxy) is 1. The third-order valence-corrected chi connectivity index (χ3v) is 13.4. The number of carbonyl (C=O) groups excluding carboxylic acids is 1. The van der Waals surface area contributed by atoms with Gasteiger partial charge in [-0.1, -0.05) is 80.6 Å². The Bertz CT molecular complexity index is 758. The predicted octanol–water partition coefficient (Wildman–Crippen LogP) is 10.6. The lowest BCUT2D eigenvalue weighted by Crippen LogP contribution is -2.54. The third kappa shape index (κ3) is 6.20. The zero-order valence-electron chi connectivity index (χ0n) is 26.5. The molecule has 0 heterocycles. The molecule has 0 aromatic carbocycles. The number of hydrogen-bond acceptors (Lipinski definition) is 2. The molecule has 4 rings (SSSR count). The van der Waals surface area contributed by atoms with Gasteiger partial charge in [-0.3, -0.25) is 4.79 Å². The van der Waals surface area contributed by atoms with Gasteiger partial charge in [0.1, 0.15) is 6.10 Å². The molecule has 2 nitrogen and oxygen atoms in total. The topological polar surface area (TPSA) is 26.3 Å². The highest BCUT2D eigenvalue weighted by Gasteiger charge is 2.60. The first-order valence-corrected chi connectivity index (χ1v) is 17.3. The molecule has 0 N–H and O–H groups in total. The summed E-state index contributed by atoms with van der Waals surface area (Å²) in [4.78, 5) is 12.5. The summed E-state index contributed by atoms with van der Waals surface area (Å²) < 4.78 is 6.05. The minimum atomic E-state index is 0.0709. The summed E-state index contributed by atoms with van der Waals surface area (Å²) in [7, 11) is 0. The van der Waals surface area contributed by atoms with Crippen LogP contribution in [0.4, 0.5) is 0 Å². The van der Waals surface area contributed by atoms with E-state index in [1.807, 2.05) is 0 Å². The fraction of sp³-hybridized carbons (Fsp3) is 0.972. The Kier molecular flexibility index (Phi) is 10.4. The minimum Gasteiger partial charge on any atom is -0.462 e. The first-order chi connectivity index (χ1) is 18.1. The monoisotopic (exact) mass is 528 g/mol. The molecule has 4 aliphatic carbocycles. The van der Waals surface area contributed by atoms with Crippen molar-refractivity contribution in [3.8, 4) is 0 Å². The smallest absolute Gasteiger partial charge is 0.306 e. The molecule has 220 valence electrons. The summed E-state index contributed by atoms with van der Waals surface area (Å²) in [6, 6.07) is 0. The van der Waals surface area contributed by atoms with Crippen LogP contribution in [0.15, 0.2) is 0 Å². The van der Waals surface area contributed by atoms with Crippen LogP contribution in [-0.4, -0.2) is 12.1 Å². The minimum absolute atomic E-state index is 0.0709. The molecule has 0 spiro atoms. The molecular weight excluding hydrogens is 464 g/mol. The van der Waals surface area contributed by atoms with Crippen LogP contribution in [0.3, 0.4) is 0 Å². The molecule has 2 heteroatoms. The van der Waals surface area contributed by atoms with Crippen molar-refractivity contribution in [2.75, 3.05) is 0 Å². The van der Waals surface area contributed by atoms with Gasteiger partial charge in [0, 0.05) is 6.42 Å². The summed E-state index contributed by atoms with van der Waals surface area (Å²) in [5, 5.41) is 0. The van der Waals surface area contributed by atoms with E-state index in [0.29, 0.717) is 17.3 Å². The van der Waals surface area contributed by atoms with Crippen molar-refractivity contribution < 1.29 is 9.53 Å². The largest absolute Gasteiger partial charge is 0.462 e. The lowest BCUT2D eigenvalue weighted by atomic mass is 9.44. The molecule has 4 aliphatic rings.